The first-order valence-corrected chi connectivity index (χ1v) is 11.0. The molecule has 0 unspecified atom stereocenters. The molecule has 0 radical (unpaired) electrons. The SMILES string of the molecule is [O-][Cl+3]([O-])([O-])[O-].c1ccc(-c2cc3c(sc4ccccc43)c(-c3ccccc3)[o+]2)cc1. The van der Waals surface area contributed by atoms with Gasteiger partial charge in [-0.3, -0.25) is 0 Å². The fourth-order valence-corrected chi connectivity index (χ4v) is 4.40. The van der Waals surface area contributed by atoms with Crippen LogP contribution in [0.25, 0.3) is 42.8 Å². The van der Waals surface area contributed by atoms with Crippen molar-refractivity contribution in [2.45, 2.75) is 0 Å². The van der Waals surface area contributed by atoms with Gasteiger partial charge in [-0.15, -0.1) is 21.6 Å². The van der Waals surface area contributed by atoms with E-state index in [2.05, 4.69) is 66.7 Å². The van der Waals surface area contributed by atoms with E-state index in [1.807, 2.05) is 24.3 Å². The number of rotatable bonds is 2. The number of benzene rings is 3. The summed E-state index contributed by atoms with van der Waals surface area (Å²) in [5.41, 5.74) is 2.20. The molecule has 3 aromatic carbocycles. The average Bonchev–Trinajstić information content (AvgIpc) is 3.12. The normalized spacial score (nSPS) is 11.3. The molecule has 5 nitrogen and oxygen atoms in total. The first kappa shape index (κ1) is 20.4. The molecule has 0 saturated heterocycles. The smallest absolute Gasteiger partial charge is 0.222 e. The first-order chi connectivity index (χ1) is 14.4. The average molecular weight is 439 g/mol. The zero-order valence-electron chi connectivity index (χ0n) is 15.5. The van der Waals surface area contributed by atoms with Gasteiger partial charge in [0.25, 0.3) is 0 Å². The maximum absolute atomic E-state index is 8.49. The molecule has 0 saturated carbocycles. The molecule has 0 fully saturated rings. The van der Waals surface area contributed by atoms with E-state index in [-0.39, 0.29) is 0 Å². The Morgan fingerprint density at radius 3 is 1.80 bits per heavy atom. The minimum Gasteiger partial charge on any atom is -0.222 e. The van der Waals surface area contributed by atoms with E-state index in [4.69, 9.17) is 23.1 Å². The van der Waals surface area contributed by atoms with E-state index in [1.165, 1.54) is 20.2 Å². The maximum atomic E-state index is 8.49. The van der Waals surface area contributed by atoms with Gasteiger partial charge in [-0.1, -0.05) is 54.6 Å². The van der Waals surface area contributed by atoms with E-state index in [1.54, 1.807) is 11.3 Å². The number of thiophene rings is 1. The van der Waals surface area contributed by atoms with E-state index < -0.39 is 10.2 Å². The number of halogens is 1. The summed E-state index contributed by atoms with van der Waals surface area (Å²) in [4.78, 5) is 0. The number of hydrogen-bond donors (Lipinski definition) is 0. The second kappa shape index (κ2) is 8.49. The number of hydrogen-bond acceptors (Lipinski definition) is 5. The van der Waals surface area contributed by atoms with Gasteiger partial charge in [-0.25, -0.2) is 23.1 Å². The van der Waals surface area contributed by atoms with Crippen LogP contribution in [0.15, 0.2) is 95.4 Å². The van der Waals surface area contributed by atoms with Gasteiger partial charge < -0.3 is 0 Å². The maximum Gasteiger partial charge on any atom is 0.378 e. The Morgan fingerprint density at radius 2 is 1.17 bits per heavy atom. The van der Waals surface area contributed by atoms with Gasteiger partial charge in [0.05, 0.1) is 17.2 Å². The standard InChI is InChI=1S/C23H15OS.ClHO4/c1-3-9-16(10-4-1)20-15-19-18-13-7-8-14-21(18)25-23(19)22(24-20)17-11-5-2-6-12-17;2-1(3,4)5/h1-15H;(H,2,3,4,5)/q+1;/p-1. The monoisotopic (exact) mass is 438 g/mol. The Labute approximate surface area is 178 Å². The second-order valence-electron chi connectivity index (χ2n) is 6.39. The molecule has 30 heavy (non-hydrogen) atoms. The molecule has 5 rings (SSSR count). The van der Waals surface area contributed by atoms with Gasteiger partial charge in [-0.2, -0.15) is 0 Å². The van der Waals surface area contributed by atoms with Crippen molar-refractivity contribution in [3.63, 3.8) is 0 Å². The molecule has 0 bridgehead atoms. The Balaban J connectivity index is 0.000000393. The lowest BCUT2D eigenvalue weighted by Gasteiger charge is -2.17. The van der Waals surface area contributed by atoms with Crippen LogP contribution in [0.3, 0.4) is 0 Å². The largest absolute Gasteiger partial charge is 0.378 e. The van der Waals surface area contributed by atoms with Crippen molar-refractivity contribution in [1.82, 2.24) is 0 Å². The minimum absolute atomic E-state index is 0.899. The summed E-state index contributed by atoms with van der Waals surface area (Å²) in [6, 6.07) is 31.4. The molecule has 2 heterocycles. The van der Waals surface area contributed by atoms with Crippen molar-refractivity contribution in [1.29, 1.82) is 0 Å². The van der Waals surface area contributed by atoms with Gasteiger partial charge in [0.2, 0.25) is 0 Å². The minimum atomic E-state index is -4.94. The molecule has 0 N–H and O–H groups in total. The van der Waals surface area contributed by atoms with Crippen LogP contribution in [0.2, 0.25) is 0 Å². The molecule has 7 heteroatoms. The van der Waals surface area contributed by atoms with E-state index >= 15 is 0 Å². The quantitative estimate of drug-likeness (QED) is 0.394. The second-order valence-corrected chi connectivity index (χ2v) is 8.20. The zero-order chi connectivity index (χ0) is 21.1. The number of fused-ring (bicyclic) bond motifs is 3. The Hall–Kier alpha value is -2.84. The third-order valence-corrected chi connectivity index (χ3v) is 5.61. The van der Waals surface area contributed by atoms with Crippen LogP contribution in [0.1, 0.15) is 0 Å². The van der Waals surface area contributed by atoms with Crippen LogP contribution in [-0.2, 0) is 0 Å². The summed E-state index contributed by atoms with van der Waals surface area (Å²) < 4.78 is 42.9. The molecule has 150 valence electrons. The van der Waals surface area contributed by atoms with Gasteiger partial charge in [0, 0.05) is 15.5 Å². The molecule has 0 aliphatic rings. The topological polar surface area (TPSA) is 104 Å². The summed E-state index contributed by atoms with van der Waals surface area (Å²) in [6.07, 6.45) is 0. The molecule has 0 spiro atoms. The van der Waals surface area contributed by atoms with Crippen molar-refractivity contribution in [2.75, 3.05) is 0 Å². The third kappa shape index (κ3) is 4.66. The lowest BCUT2D eigenvalue weighted by molar-refractivity contribution is -2.00. The Kier molecular flexibility index (Phi) is 5.78. The summed E-state index contributed by atoms with van der Waals surface area (Å²) in [5.74, 6) is 1.84. The fourth-order valence-electron chi connectivity index (χ4n) is 3.22. The summed E-state index contributed by atoms with van der Waals surface area (Å²) in [7, 11) is -4.94. The van der Waals surface area contributed by atoms with E-state index in [9.17, 15) is 0 Å². The van der Waals surface area contributed by atoms with Gasteiger partial charge >= 0.3 is 11.5 Å². The molecule has 0 aliphatic heterocycles. The van der Waals surface area contributed by atoms with Crippen LogP contribution in [0.4, 0.5) is 0 Å². The molecule has 0 aliphatic carbocycles. The highest BCUT2D eigenvalue weighted by molar-refractivity contribution is 7.26. The molecular weight excluding hydrogens is 424 g/mol. The van der Waals surface area contributed by atoms with Gasteiger partial charge in [0.1, 0.15) is 4.70 Å². The third-order valence-electron chi connectivity index (χ3n) is 4.42. The molecule has 0 amide bonds. The van der Waals surface area contributed by atoms with Gasteiger partial charge in [0.15, 0.2) is 0 Å². The zero-order valence-corrected chi connectivity index (χ0v) is 17.1. The molecule has 5 aromatic rings. The summed E-state index contributed by atoms with van der Waals surface area (Å²) >= 11 is 1.79. The predicted molar refractivity (Wildman–Crippen MR) is 107 cm³/mol. The highest BCUT2D eigenvalue weighted by Gasteiger charge is 2.25. The van der Waals surface area contributed by atoms with Crippen molar-refractivity contribution < 1.29 is 33.3 Å². The Bertz CT molecular complexity index is 1280. The lowest BCUT2D eigenvalue weighted by Crippen LogP contribution is -2.68. The Morgan fingerprint density at radius 1 is 0.633 bits per heavy atom. The van der Waals surface area contributed by atoms with Crippen molar-refractivity contribution >= 4 is 31.5 Å². The van der Waals surface area contributed by atoms with E-state index in [0.29, 0.717) is 0 Å². The van der Waals surface area contributed by atoms with Crippen LogP contribution >= 0.6 is 11.3 Å². The lowest BCUT2D eigenvalue weighted by atomic mass is 10.1. The first-order valence-electron chi connectivity index (χ1n) is 8.91. The van der Waals surface area contributed by atoms with Crippen molar-refractivity contribution in [3.8, 4) is 22.6 Å². The van der Waals surface area contributed by atoms with Gasteiger partial charge in [-0.05, 0) is 30.3 Å². The highest BCUT2D eigenvalue weighted by atomic mass is 35.7. The fraction of sp³-hybridized carbons (Fsp3) is 0. The highest BCUT2D eigenvalue weighted by Crippen LogP contribution is 2.42. The van der Waals surface area contributed by atoms with Crippen LogP contribution in [0, 0.1) is 10.2 Å². The summed E-state index contributed by atoms with van der Waals surface area (Å²) in [6.45, 7) is 0. The van der Waals surface area contributed by atoms with Crippen LogP contribution < -0.4 is 18.6 Å². The molecule has 2 aromatic heterocycles. The van der Waals surface area contributed by atoms with E-state index in [0.717, 1.165) is 22.6 Å². The predicted octanol–water partition coefficient (Wildman–Crippen LogP) is 2.51. The molecular formula is C23H15ClO5S. The summed E-state index contributed by atoms with van der Waals surface area (Å²) in [5, 5.41) is 2.54. The van der Waals surface area contributed by atoms with Crippen molar-refractivity contribution in [3.05, 3.63) is 91.0 Å². The molecule has 0 atom stereocenters. The van der Waals surface area contributed by atoms with Crippen LogP contribution in [-0.4, -0.2) is 0 Å². The van der Waals surface area contributed by atoms with Crippen molar-refractivity contribution in [2.24, 2.45) is 0 Å². The van der Waals surface area contributed by atoms with Crippen LogP contribution in [0.5, 0.6) is 0 Å².